The van der Waals surface area contributed by atoms with Gasteiger partial charge in [-0.05, 0) is 116 Å². The van der Waals surface area contributed by atoms with Crippen LogP contribution in [0.5, 0.6) is 11.5 Å². The third-order valence-corrected chi connectivity index (χ3v) is 14.0. The van der Waals surface area contributed by atoms with Crippen LogP contribution in [0.3, 0.4) is 0 Å². The third kappa shape index (κ3) is 9.08. The predicted molar refractivity (Wildman–Crippen MR) is 289 cm³/mol. The molecule has 2 aromatic heterocycles. The van der Waals surface area contributed by atoms with Gasteiger partial charge in [-0.2, -0.15) is 0 Å². The highest BCUT2D eigenvalue weighted by Gasteiger charge is 2.34. The van der Waals surface area contributed by atoms with Crippen molar-refractivity contribution in [1.82, 2.24) is 9.55 Å². The minimum absolute atomic E-state index is 0.00383. The summed E-state index contributed by atoms with van der Waals surface area (Å²) in [5, 5.41) is 2.34. The van der Waals surface area contributed by atoms with E-state index >= 15 is 0 Å². The van der Waals surface area contributed by atoms with Gasteiger partial charge in [-0.3, -0.25) is 4.57 Å². The number of benzene rings is 6. The fourth-order valence-electron chi connectivity index (χ4n) is 9.57. The van der Waals surface area contributed by atoms with Crippen molar-refractivity contribution in [3.63, 3.8) is 0 Å². The first-order chi connectivity index (χ1) is 31.9. The topological polar surface area (TPSA) is 33.5 Å². The summed E-state index contributed by atoms with van der Waals surface area (Å²) in [7, 11) is 0. The fourth-order valence-corrected chi connectivity index (χ4v) is 9.57. The molecule has 5 heteroatoms. The molecule has 3 heterocycles. The van der Waals surface area contributed by atoms with Gasteiger partial charge in [0.15, 0.2) is 0 Å². The van der Waals surface area contributed by atoms with Crippen LogP contribution in [0.1, 0.15) is 125 Å². The number of rotatable bonds is 8. The molecule has 0 amide bonds. The smallest absolute Gasteiger partial charge is 0.137 e. The quantitative estimate of drug-likeness (QED) is 0.152. The fraction of sp³-hybridized carbons (Fsp3) is 0.317. The molecule has 0 N–H and O–H groups in total. The van der Waals surface area contributed by atoms with E-state index in [9.17, 15) is 0 Å². The van der Waals surface area contributed by atoms with E-state index in [1.165, 1.54) is 44.6 Å². The lowest BCUT2D eigenvalue weighted by Crippen LogP contribution is -2.31. The second-order valence-corrected chi connectivity index (χ2v) is 23.6. The first-order valence-corrected chi connectivity index (χ1v) is 24.4. The van der Waals surface area contributed by atoms with Crippen LogP contribution in [0.25, 0.3) is 38.8 Å². The summed E-state index contributed by atoms with van der Waals surface area (Å²) >= 11 is 0. The van der Waals surface area contributed by atoms with Crippen molar-refractivity contribution in [2.75, 3.05) is 16.5 Å². The molecule has 1 aliphatic heterocycles. The average Bonchev–Trinajstić information content (AvgIpc) is 3.89. The first kappa shape index (κ1) is 46.5. The molecule has 0 atom stereocenters. The summed E-state index contributed by atoms with van der Waals surface area (Å²) < 4.78 is 9.38. The van der Waals surface area contributed by atoms with Crippen LogP contribution in [0.15, 0.2) is 164 Å². The Hall–Kier alpha value is -6.59. The number of pyridine rings is 1. The zero-order chi connectivity index (χ0) is 48.6. The van der Waals surface area contributed by atoms with E-state index < -0.39 is 0 Å². The van der Waals surface area contributed by atoms with Crippen molar-refractivity contribution >= 4 is 33.2 Å². The van der Waals surface area contributed by atoms with Crippen molar-refractivity contribution in [3.8, 4) is 28.4 Å². The van der Waals surface area contributed by atoms with Gasteiger partial charge in [0.05, 0.1) is 17.7 Å². The summed E-state index contributed by atoms with van der Waals surface area (Å²) in [6.07, 6.45) is 4.30. The minimum Gasteiger partial charge on any atom is -0.457 e. The minimum atomic E-state index is -0.195. The molecular weight excluding hydrogens is 829 g/mol. The molecule has 0 fully saturated rings. The van der Waals surface area contributed by atoms with Crippen LogP contribution < -0.4 is 14.5 Å². The highest BCUT2D eigenvalue weighted by Crippen LogP contribution is 2.44. The zero-order valence-corrected chi connectivity index (χ0v) is 42.9. The van der Waals surface area contributed by atoms with Gasteiger partial charge in [-0.25, -0.2) is 4.98 Å². The summed E-state index contributed by atoms with van der Waals surface area (Å²) in [6, 6.07) is 53.2. The van der Waals surface area contributed by atoms with Gasteiger partial charge < -0.3 is 14.5 Å². The van der Waals surface area contributed by atoms with Crippen LogP contribution in [-0.4, -0.2) is 16.2 Å². The number of anilines is 2. The molecule has 0 aliphatic carbocycles. The van der Waals surface area contributed by atoms with Gasteiger partial charge in [0.2, 0.25) is 0 Å². The maximum atomic E-state index is 7.07. The number of hydrogen-bond acceptors (Lipinski definition) is 4. The van der Waals surface area contributed by atoms with Crippen molar-refractivity contribution in [1.29, 1.82) is 0 Å². The lowest BCUT2D eigenvalue weighted by Gasteiger charge is -2.33. The monoisotopic (exact) mass is 899 g/mol. The highest BCUT2D eigenvalue weighted by molar-refractivity contribution is 6.10. The molecule has 0 bridgehead atoms. The SMILES string of the molecule is CC(C)(C)C1=CN(c2cc(Oc3ccc4c5cc(C(C)(C)c6ccccc6)ccc5n(-c5cc(C(C)(C)C)ccn5)c4c3)cc(-c3ccccc3)c2)CN1c1cc(C(C)(C)C)cc(C(C)(C)C)c1. The van der Waals surface area contributed by atoms with Gasteiger partial charge in [0.1, 0.15) is 17.3 Å². The van der Waals surface area contributed by atoms with Crippen LogP contribution in [0.2, 0.25) is 0 Å². The van der Waals surface area contributed by atoms with Gasteiger partial charge in [0, 0.05) is 63.2 Å². The maximum Gasteiger partial charge on any atom is 0.137 e. The lowest BCUT2D eigenvalue weighted by molar-refractivity contribution is 0.483. The Balaban J connectivity index is 1.17. The molecule has 5 nitrogen and oxygen atoms in total. The standard InChI is InChI=1S/C63H70N4O/c1-59(2,3)45-29-30-64-58(37-45)67-55-28-25-46(63(13,14)44-23-19-16-20-24-44)36-54(55)53-27-26-51(39-56(53)67)68-52-32-43(42-21-17-15-18-22-42)31-49(38-52)65-40-57(62(10,11)12)66(41-65)50-34-47(60(4,5)6)33-48(35-50)61(7,8)9/h15-40H,41H2,1-14H3. The highest BCUT2D eigenvalue weighted by atomic mass is 16.5. The third-order valence-electron chi connectivity index (χ3n) is 14.0. The Bertz CT molecular complexity index is 3150. The second kappa shape index (κ2) is 16.9. The summed E-state index contributed by atoms with van der Waals surface area (Å²) in [6.45, 7) is 32.9. The van der Waals surface area contributed by atoms with Crippen LogP contribution in [0, 0.1) is 5.41 Å². The summed E-state index contributed by atoms with van der Waals surface area (Å²) in [4.78, 5) is 9.93. The normalized spacial score (nSPS) is 14.0. The molecule has 0 unspecified atom stereocenters. The van der Waals surface area contributed by atoms with E-state index in [1.54, 1.807) is 0 Å². The second-order valence-electron chi connectivity index (χ2n) is 23.6. The van der Waals surface area contributed by atoms with Crippen LogP contribution >= 0.6 is 0 Å². The molecule has 68 heavy (non-hydrogen) atoms. The van der Waals surface area contributed by atoms with E-state index in [2.05, 4.69) is 263 Å². The number of ether oxygens (including phenoxy) is 1. The Morgan fingerprint density at radius 2 is 1.09 bits per heavy atom. The van der Waals surface area contributed by atoms with Gasteiger partial charge in [0.25, 0.3) is 0 Å². The molecule has 0 saturated carbocycles. The largest absolute Gasteiger partial charge is 0.457 e. The van der Waals surface area contributed by atoms with Gasteiger partial charge >= 0.3 is 0 Å². The molecule has 9 rings (SSSR count). The number of nitrogens with zero attached hydrogens (tertiary/aromatic N) is 4. The molecule has 348 valence electrons. The predicted octanol–water partition coefficient (Wildman–Crippen LogP) is 17.0. The molecular formula is C63H70N4O. The number of aromatic nitrogens is 2. The van der Waals surface area contributed by atoms with Crippen LogP contribution in [0.4, 0.5) is 11.4 Å². The Kier molecular flexibility index (Phi) is 11.5. The van der Waals surface area contributed by atoms with Gasteiger partial charge in [-0.1, -0.05) is 170 Å². The maximum absolute atomic E-state index is 7.07. The van der Waals surface area contributed by atoms with Crippen molar-refractivity contribution in [2.24, 2.45) is 5.41 Å². The number of allylic oxidation sites excluding steroid dienone is 1. The zero-order valence-electron chi connectivity index (χ0n) is 42.9. The van der Waals surface area contributed by atoms with E-state index in [-0.39, 0.29) is 27.1 Å². The summed E-state index contributed by atoms with van der Waals surface area (Å²) in [5.41, 5.74) is 14.1. The number of hydrogen-bond donors (Lipinski definition) is 0. The average molecular weight is 899 g/mol. The molecule has 0 spiro atoms. The van der Waals surface area contributed by atoms with E-state index in [4.69, 9.17) is 9.72 Å². The molecule has 6 aromatic carbocycles. The Morgan fingerprint density at radius 1 is 0.441 bits per heavy atom. The Labute approximate surface area is 406 Å². The molecule has 8 aromatic rings. The molecule has 1 aliphatic rings. The van der Waals surface area contributed by atoms with Crippen molar-refractivity contribution in [3.05, 3.63) is 192 Å². The van der Waals surface area contributed by atoms with Crippen molar-refractivity contribution < 1.29 is 4.74 Å². The van der Waals surface area contributed by atoms with E-state index in [0.717, 1.165) is 50.6 Å². The van der Waals surface area contributed by atoms with Crippen LogP contribution in [-0.2, 0) is 21.7 Å². The molecule has 0 saturated heterocycles. The van der Waals surface area contributed by atoms with E-state index in [1.807, 2.05) is 6.20 Å². The van der Waals surface area contributed by atoms with Gasteiger partial charge in [-0.15, -0.1) is 0 Å². The van der Waals surface area contributed by atoms with Crippen molar-refractivity contribution in [2.45, 2.75) is 119 Å². The Morgan fingerprint density at radius 3 is 1.72 bits per heavy atom. The molecule has 0 radical (unpaired) electrons. The number of fused-ring (bicyclic) bond motifs is 3. The summed E-state index contributed by atoms with van der Waals surface area (Å²) in [5.74, 6) is 2.43. The lowest BCUT2D eigenvalue weighted by atomic mass is 9.78. The first-order valence-electron chi connectivity index (χ1n) is 24.4. The van der Waals surface area contributed by atoms with E-state index in [0.29, 0.717) is 6.67 Å².